The summed E-state index contributed by atoms with van der Waals surface area (Å²) in [6, 6.07) is 7.30. The summed E-state index contributed by atoms with van der Waals surface area (Å²) in [4.78, 5) is 23.3. The van der Waals surface area contributed by atoms with Gasteiger partial charge in [-0.25, -0.2) is 17.6 Å². The van der Waals surface area contributed by atoms with Crippen LogP contribution >= 0.6 is 0 Å². The molecule has 1 fully saturated rings. The van der Waals surface area contributed by atoms with E-state index in [9.17, 15) is 27.5 Å². The van der Waals surface area contributed by atoms with E-state index in [1.165, 1.54) is 12.1 Å². The number of halogens is 1. The predicted octanol–water partition coefficient (Wildman–Crippen LogP) is 3.01. The average Bonchev–Trinajstić information content (AvgIpc) is 3.07. The zero-order valence-electron chi connectivity index (χ0n) is 15.3. The van der Waals surface area contributed by atoms with Crippen LogP contribution in [0.4, 0.5) is 4.39 Å². The molecule has 0 saturated carbocycles. The Morgan fingerprint density at radius 1 is 1.14 bits per heavy atom. The summed E-state index contributed by atoms with van der Waals surface area (Å²) in [7, 11) is -3.07. The summed E-state index contributed by atoms with van der Waals surface area (Å²) < 4.78 is 42.2. The number of hydrogen-bond acceptors (Lipinski definition) is 6. The molecule has 0 unspecified atom stereocenters. The van der Waals surface area contributed by atoms with Crippen LogP contribution in [0.1, 0.15) is 46.2 Å². The number of carboxylic acids is 1. The summed E-state index contributed by atoms with van der Waals surface area (Å²) in [5.41, 5.74) is 1.14. The van der Waals surface area contributed by atoms with Crippen molar-refractivity contribution in [3.63, 3.8) is 0 Å². The van der Waals surface area contributed by atoms with E-state index in [2.05, 4.69) is 0 Å². The SMILES string of the molecule is O=C(O)C(O)=CC(=O)c1oc(C2CCS(=O)(=O)CC2)cc1Cc1ccc(F)cc1. The van der Waals surface area contributed by atoms with Crippen molar-refractivity contribution in [1.82, 2.24) is 0 Å². The van der Waals surface area contributed by atoms with Gasteiger partial charge in [0.05, 0.1) is 11.5 Å². The van der Waals surface area contributed by atoms with Crippen LogP contribution in [-0.4, -0.2) is 41.9 Å². The molecule has 1 aliphatic rings. The quantitative estimate of drug-likeness (QED) is 0.417. The third kappa shape index (κ3) is 5.11. The molecule has 2 heterocycles. The molecule has 9 heteroatoms. The molecule has 7 nitrogen and oxygen atoms in total. The zero-order chi connectivity index (χ0) is 21.2. The number of aliphatic carboxylic acids is 1. The fourth-order valence-corrected chi connectivity index (χ4v) is 4.73. The first-order chi connectivity index (χ1) is 13.6. The topological polar surface area (TPSA) is 122 Å². The standard InChI is InChI=1S/C20H19FO7S/c21-15-3-1-12(2-4-15)9-14-10-18(13-5-7-29(26,27)8-6-13)28-19(14)16(22)11-17(23)20(24)25/h1-4,10-11,13,23H,5-9H2,(H,24,25). The Morgan fingerprint density at radius 3 is 2.34 bits per heavy atom. The van der Waals surface area contributed by atoms with Crippen LogP contribution in [0.15, 0.2) is 46.6 Å². The van der Waals surface area contributed by atoms with E-state index in [4.69, 9.17) is 9.52 Å². The third-order valence-electron chi connectivity index (χ3n) is 4.80. The molecule has 0 bridgehead atoms. The Balaban J connectivity index is 1.94. The minimum atomic E-state index is -3.07. The second-order valence-corrected chi connectivity index (χ2v) is 9.24. The van der Waals surface area contributed by atoms with Crippen molar-refractivity contribution < 1.29 is 37.0 Å². The first-order valence-corrected chi connectivity index (χ1v) is 10.7. The number of benzene rings is 1. The molecule has 1 aliphatic heterocycles. The lowest BCUT2D eigenvalue weighted by Gasteiger charge is -2.19. The number of hydrogen-bond donors (Lipinski definition) is 2. The van der Waals surface area contributed by atoms with Crippen molar-refractivity contribution >= 4 is 21.6 Å². The maximum Gasteiger partial charge on any atom is 0.371 e. The number of aliphatic hydroxyl groups is 1. The largest absolute Gasteiger partial charge is 0.502 e. The van der Waals surface area contributed by atoms with Crippen molar-refractivity contribution in [3.05, 3.63) is 70.6 Å². The van der Waals surface area contributed by atoms with Gasteiger partial charge in [-0.15, -0.1) is 0 Å². The van der Waals surface area contributed by atoms with Crippen molar-refractivity contribution in [1.29, 1.82) is 0 Å². The fraction of sp³-hybridized carbons (Fsp3) is 0.300. The van der Waals surface area contributed by atoms with Crippen LogP contribution < -0.4 is 0 Å². The molecule has 154 valence electrons. The summed E-state index contributed by atoms with van der Waals surface area (Å²) in [5, 5.41) is 18.1. The molecule has 2 N–H and O–H groups in total. The third-order valence-corrected chi connectivity index (χ3v) is 6.52. The van der Waals surface area contributed by atoms with Gasteiger partial charge in [0.1, 0.15) is 21.4 Å². The van der Waals surface area contributed by atoms with Crippen molar-refractivity contribution in [3.8, 4) is 0 Å². The van der Waals surface area contributed by atoms with Gasteiger partial charge in [0.15, 0.2) is 5.76 Å². The number of carboxylic acid groups (broad SMARTS) is 1. The molecule has 1 aromatic heterocycles. The molecule has 3 rings (SSSR count). The Hall–Kier alpha value is -2.94. The number of carbonyl (C=O) groups is 2. The second-order valence-electron chi connectivity index (χ2n) is 6.93. The maximum absolute atomic E-state index is 13.1. The van der Waals surface area contributed by atoms with Crippen molar-refractivity contribution in [2.24, 2.45) is 0 Å². The van der Waals surface area contributed by atoms with Crippen LogP contribution in [0.5, 0.6) is 0 Å². The van der Waals surface area contributed by atoms with Gasteiger partial charge in [0.2, 0.25) is 11.5 Å². The van der Waals surface area contributed by atoms with Crippen LogP contribution in [0.2, 0.25) is 0 Å². The lowest BCUT2D eigenvalue weighted by Crippen LogP contribution is -2.21. The molecule has 1 saturated heterocycles. The molecular weight excluding hydrogens is 403 g/mol. The molecule has 0 spiro atoms. The fourth-order valence-electron chi connectivity index (χ4n) is 3.24. The highest BCUT2D eigenvalue weighted by atomic mass is 32.2. The van der Waals surface area contributed by atoms with Crippen LogP contribution in [0.3, 0.4) is 0 Å². The van der Waals surface area contributed by atoms with Crippen LogP contribution in [-0.2, 0) is 21.1 Å². The molecular formula is C20H19FO7S. The smallest absolute Gasteiger partial charge is 0.371 e. The van der Waals surface area contributed by atoms with Gasteiger partial charge in [-0.2, -0.15) is 0 Å². The first kappa shape index (κ1) is 20.8. The number of ketones is 1. The molecule has 2 aromatic rings. The van der Waals surface area contributed by atoms with Gasteiger partial charge in [-0.05, 0) is 36.6 Å². The molecule has 0 radical (unpaired) electrons. The van der Waals surface area contributed by atoms with Crippen LogP contribution in [0, 0.1) is 5.82 Å². The Kier molecular flexibility index (Phi) is 5.88. The van der Waals surface area contributed by atoms with Gasteiger partial charge in [-0.1, -0.05) is 12.1 Å². The highest BCUT2D eigenvalue weighted by Crippen LogP contribution is 2.33. The van der Waals surface area contributed by atoms with E-state index >= 15 is 0 Å². The lowest BCUT2D eigenvalue weighted by atomic mass is 9.98. The van der Waals surface area contributed by atoms with E-state index in [0.29, 0.717) is 35.8 Å². The molecule has 29 heavy (non-hydrogen) atoms. The molecule has 1 aromatic carbocycles. The number of aliphatic hydroxyl groups excluding tert-OH is 1. The zero-order valence-corrected chi connectivity index (χ0v) is 16.1. The first-order valence-electron chi connectivity index (χ1n) is 8.90. The highest BCUT2D eigenvalue weighted by Gasteiger charge is 2.29. The van der Waals surface area contributed by atoms with Gasteiger partial charge in [-0.3, -0.25) is 4.79 Å². The van der Waals surface area contributed by atoms with Gasteiger partial charge >= 0.3 is 5.97 Å². The summed E-state index contributed by atoms with van der Waals surface area (Å²) >= 11 is 0. The maximum atomic E-state index is 13.1. The number of sulfone groups is 1. The van der Waals surface area contributed by atoms with Crippen molar-refractivity contribution in [2.75, 3.05) is 11.5 Å². The minimum absolute atomic E-state index is 0.0225. The summed E-state index contributed by atoms with van der Waals surface area (Å²) in [5.74, 6) is -3.85. The number of rotatable bonds is 6. The Labute approximate surface area is 166 Å². The monoisotopic (exact) mass is 422 g/mol. The molecule has 0 amide bonds. The Morgan fingerprint density at radius 2 is 1.76 bits per heavy atom. The number of allylic oxidation sites excluding steroid dienone is 1. The summed E-state index contributed by atoms with van der Waals surface area (Å²) in [6.07, 6.45) is 1.49. The Bertz CT molecular complexity index is 1050. The van der Waals surface area contributed by atoms with Gasteiger partial charge in [0, 0.05) is 24.0 Å². The second kappa shape index (κ2) is 8.20. The number of carbonyl (C=O) groups excluding carboxylic acids is 1. The average molecular weight is 422 g/mol. The van der Waals surface area contributed by atoms with E-state index in [-0.39, 0.29) is 29.6 Å². The molecule has 0 atom stereocenters. The normalized spacial score (nSPS) is 17.2. The van der Waals surface area contributed by atoms with Crippen molar-refractivity contribution in [2.45, 2.75) is 25.2 Å². The summed E-state index contributed by atoms with van der Waals surface area (Å²) in [6.45, 7) is 0. The van der Waals surface area contributed by atoms with E-state index < -0.39 is 33.2 Å². The lowest BCUT2D eigenvalue weighted by molar-refractivity contribution is -0.135. The highest BCUT2D eigenvalue weighted by molar-refractivity contribution is 7.91. The molecule has 0 aliphatic carbocycles. The van der Waals surface area contributed by atoms with E-state index in [1.807, 2.05) is 0 Å². The van der Waals surface area contributed by atoms with Gasteiger partial charge < -0.3 is 14.6 Å². The minimum Gasteiger partial charge on any atom is -0.502 e. The van der Waals surface area contributed by atoms with E-state index in [0.717, 1.165) is 0 Å². The van der Waals surface area contributed by atoms with Crippen LogP contribution in [0.25, 0.3) is 0 Å². The predicted molar refractivity (Wildman–Crippen MR) is 101 cm³/mol. The number of furan rings is 1. The van der Waals surface area contributed by atoms with Gasteiger partial charge in [0.25, 0.3) is 0 Å². The van der Waals surface area contributed by atoms with E-state index in [1.54, 1.807) is 18.2 Å².